The molecule has 232 valence electrons. The number of rotatable bonds is 12. The number of benzene rings is 2. The molecule has 3 N–H and O–H groups in total. The molecule has 5 rings (SSSR count). The summed E-state index contributed by atoms with van der Waals surface area (Å²) < 4.78 is 69.0. The van der Waals surface area contributed by atoms with Gasteiger partial charge in [0, 0.05) is 44.1 Å². The predicted octanol–water partition coefficient (Wildman–Crippen LogP) is 5.79. The van der Waals surface area contributed by atoms with Gasteiger partial charge in [-0.25, -0.2) is 18.1 Å². The molecular weight excluding hydrogens is 603 g/mol. The van der Waals surface area contributed by atoms with Crippen LogP contribution in [-0.2, 0) is 22.6 Å². The Morgan fingerprint density at radius 2 is 1.74 bits per heavy atom. The maximum Gasteiger partial charge on any atom is 0.418 e. The fraction of sp³-hybridized carbons (Fsp3) is 0.448. The van der Waals surface area contributed by atoms with E-state index in [0.29, 0.717) is 50.3 Å². The lowest BCUT2D eigenvalue weighted by atomic mass is 10.1. The summed E-state index contributed by atoms with van der Waals surface area (Å²) in [5, 5.41) is 5.73. The van der Waals surface area contributed by atoms with E-state index >= 15 is 0 Å². The van der Waals surface area contributed by atoms with Crippen molar-refractivity contribution in [2.24, 2.45) is 0 Å². The third kappa shape index (κ3) is 8.28. The second-order valence-electron chi connectivity index (χ2n) is 10.8. The largest absolute Gasteiger partial charge is 0.418 e. The summed E-state index contributed by atoms with van der Waals surface area (Å²) in [6.45, 7) is 6.37. The lowest BCUT2D eigenvalue weighted by molar-refractivity contribution is -0.136. The van der Waals surface area contributed by atoms with Crippen LogP contribution in [0.4, 0.5) is 42.0 Å². The molecule has 1 saturated heterocycles. The Balaban J connectivity index is 1.24. The number of aromatic nitrogens is 2. The van der Waals surface area contributed by atoms with E-state index in [9.17, 15) is 21.6 Å². The van der Waals surface area contributed by atoms with Gasteiger partial charge in [-0.1, -0.05) is 30.7 Å². The van der Waals surface area contributed by atoms with Crippen molar-refractivity contribution in [3.05, 3.63) is 64.8 Å². The van der Waals surface area contributed by atoms with Crippen LogP contribution in [0, 0.1) is 0 Å². The van der Waals surface area contributed by atoms with Gasteiger partial charge in [0.1, 0.15) is 5.02 Å². The van der Waals surface area contributed by atoms with Crippen LogP contribution < -0.4 is 20.3 Å². The van der Waals surface area contributed by atoms with Crippen molar-refractivity contribution in [1.29, 1.82) is 0 Å². The van der Waals surface area contributed by atoms with Gasteiger partial charge in [-0.05, 0) is 68.1 Å². The standard InChI is InChI=1S/C29H35ClF3N7O2S/c1-2-13-39-14-16-40(17-15-39)22-7-10-26(24(18-22)29(31,32)33)37-28-34-19-25(30)27(38-28)36-21-5-3-20(4-6-21)11-12-35-43(41,42)23-8-9-23/h3-7,10,18-19,23,35H,2,8-9,11-17H2,1H3,(H2,34,36,37,38). The first kappa shape index (κ1) is 31.3. The quantitative estimate of drug-likeness (QED) is 0.229. The van der Waals surface area contributed by atoms with Crippen molar-refractivity contribution in [2.75, 3.05) is 54.8 Å². The molecular formula is C29H35ClF3N7O2S. The Morgan fingerprint density at radius 3 is 2.40 bits per heavy atom. The lowest BCUT2D eigenvalue weighted by Gasteiger charge is -2.36. The third-order valence-electron chi connectivity index (χ3n) is 7.47. The summed E-state index contributed by atoms with van der Waals surface area (Å²) in [7, 11) is -3.22. The second kappa shape index (κ2) is 13.2. The first-order valence-corrected chi connectivity index (χ1v) is 16.3. The van der Waals surface area contributed by atoms with Crippen molar-refractivity contribution < 1.29 is 21.6 Å². The summed E-state index contributed by atoms with van der Waals surface area (Å²) in [4.78, 5) is 12.7. The zero-order chi connectivity index (χ0) is 30.6. The number of hydrogen-bond acceptors (Lipinski definition) is 8. The second-order valence-corrected chi connectivity index (χ2v) is 13.2. The van der Waals surface area contributed by atoms with Crippen LogP contribution in [0.2, 0.25) is 5.02 Å². The van der Waals surface area contributed by atoms with Crippen LogP contribution in [0.3, 0.4) is 0 Å². The Kier molecular flexibility index (Phi) is 9.64. The van der Waals surface area contributed by atoms with Gasteiger partial charge >= 0.3 is 6.18 Å². The average Bonchev–Trinajstić information content (AvgIpc) is 3.83. The number of anilines is 5. The first-order valence-electron chi connectivity index (χ1n) is 14.3. The summed E-state index contributed by atoms with van der Waals surface area (Å²) in [6.07, 6.45) is -0.268. The SMILES string of the molecule is CCCN1CCN(c2ccc(Nc3ncc(Cl)c(Nc4ccc(CCNS(=O)(=O)C5CC5)cc4)n3)c(C(F)(F)F)c2)CC1. The van der Waals surface area contributed by atoms with E-state index in [0.717, 1.165) is 31.6 Å². The minimum atomic E-state index is -4.59. The van der Waals surface area contributed by atoms with Gasteiger partial charge in [-0.2, -0.15) is 18.2 Å². The summed E-state index contributed by atoms with van der Waals surface area (Å²) in [5.74, 6) is 0.178. The zero-order valence-electron chi connectivity index (χ0n) is 23.8. The van der Waals surface area contributed by atoms with E-state index in [1.54, 1.807) is 18.2 Å². The van der Waals surface area contributed by atoms with E-state index in [2.05, 4.69) is 37.1 Å². The number of sulfonamides is 1. The fourth-order valence-corrected chi connectivity index (χ4v) is 6.50. The summed E-state index contributed by atoms with van der Waals surface area (Å²) >= 11 is 6.29. The van der Waals surface area contributed by atoms with Crippen LogP contribution >= 0.6 is 11.6 Å². The lowest BCUT2D eigenvalue weighted by Crippen LogP contribution is -2.46. The summed E-state index contributed by atoms with van der Waals surface area (Å²) in [5.41, 5.74) is 1.15. The van der Waals surface area contributed by atoms with Gasteiger partial charge in [0.25, 0.3) is 0 Å². The number of nitrogens with zero attached hydrogens (tertiary/aromatic N) is 4. The minimum Gasteiger partial charge on any atom is -0.369 e. The molecule has 2 fully saturated rings. The smallest absolute Gasteiger partial charge is 0.369 e. The number of alkyl halides is 3. The number of hydrogen-bond donors (Lipinski definition) is 3. The Bertz CT molecular complexity index is 1510. The molecule has 14 heteroatoms. The Hall–Kier alpha value is -3.13. The van der Waals surface area contributed by atoms with Crippen LogP contribution in [0.5, 0.6) is 0 Å². The first-order chi connectivity index (χ1) is 20.5. The van der Waals surface area contributed by atoms with E-state index in [4.69, 9.17) is 11.6 Å². The number of nitrogens with one attached hydrogen (secondary N) is 3. The average molecular weight is 638 g/mol. The van der Waals surface area contributed by atoms with Crippen LogP contribution in [0.25, 0.3) is 0 Å². The molecule has 1 aromatic heterocycles. The molecule has 0 radical (unpaired) electrons. The molecule has 2 aliphatic rings. The predicted molar refractivity (Wildman–Crippen MR) is 164 cm³/mol. The monoisotopic (exact) mass is 637 g/mol. The highest BCUT2D eigenvalue weighted by Gasteiger charge is 2.36. The molecule has 3 aromatic rings. The number of halogens is 4. The molecule has 1 aliphatic heterocycles. The molecule has 0 atom stereocenters. The maximum atomic E-state index is 14.1. The van der Waals surface area contributed by atoms with Gasteiger partial charge in [0.05, 0.1) is 22.7 Å². The van der Waals surface area contributed by atoms with Crippen molar-refractivity contribution >= 4 is 50.5 Å². The van der Waals surface area contributed by atoms with Crippen LogP contribution in [0.1, 0.15) is 37.3 Å². The highest BCUT2D eigenvalue weighted by Crippen LogP contribution is 2.39. The normalized spacial score (nSPS) is 16.3. The molecule has 0 spiro atoms. The van der Waals surface area contributed by atoms with Gasteiger partial charge in [0.15, 0.2) is 5.82 Å². The molecule has 1 saturated carbocycles. The molecule has 43 heavy (non-hydrogen) atoms. The van der Waals surface area contributed by atoms with E-state index < -0.39 is 21.8 Å². The van der Waals surface area contributed by atoms with Crippen molar-refractivity contribution in [2.45, 2.75) is 44.0 Å². The number of piperazine rings is 1. The van der Waals surface area contributed by atoms with Crippen molar-refractivity contribution in [1.82, 2.24) is 19.6 Å². The van der Waals surface area contributed by atoms with Crippen LogP contribution in [-0.4, -0.2) is 67.8 Å². The van der Waals surface area contributed by atoms with Crippen LogP contribution in [0.15, 0.2) is 48.7 Å². The molecule has 2 aromatic carbocycles. The molecule has 0 amide bonds. The molecule has 0 unspecified atom stereocenters. The topological polar surface area (TPSA) is 102 Å². The van der Waals surface area contributed by atoms with Gasteiger partial charge in [-0.3, -0.25) is 4.90 Å². The van der Waals surface area contributed by atoms with Crippen molar-refractivity contribution in [3.63, 3.8) is 0 Å². The minimum absolute atomic E-state index is 0.0436. The molecule has 1 aliphatic carbocycles. The fourth-order valence-electron chi connectivity index (χ4n) is 4.98. The van der Waals surface area contributed by atoms with Gasteiger partial charge < -0.3 is 15.5 Å². The van der Waals surface area contributed by atoms with E-state index in [1.165, 1.54) is 18.3 Å². The summed E-state index contributed by atoms with van der Waals surface area (Å²) in [6, 6.07) is 11.5. The van der Waals surface area contributed by atoms with Gasteiger partial charge in [0.2, 0.25) is 16.0 Å². The van der Waals surface area contributed by atoms with E-state index in [1.807, 2.05) is 17.0 Å². The molecule has 2 heterocycles. The third-order valence-corrected chi connectivity index (χ3v) is 9.71. The molecule has 9 nitrogen and oxygen atoms in total. The molecule has 0 bridgehead atoms. The van der Waals surface area contributed by atoms with Gasteiger partial charge in [-0.15, -0.1) is 0 Å². The highest BCUT2D eigenvalue weighted by atomic mass is 35.5. The van der Waals surface area contributed by atoms with E-state index in [-0.39, 0.29) is 27.7 Å². The Morgan fingerprint density at radius 1 is 1.02 bits per heavy atom. The maximum absolute atomic E-state index is 14.1. The van der Waals surface area contributed by atoms with Crippen molar-refractivity contribution in [3.8, 4) is 0 Å². The highest BCUT2D eigenvalue weighted by molar-refractivity contribution is 7.90. The zero-order valence-corrected chi connectivity index (χ0v) is 25.4. The Labute approximate surface area is 254 Å².